The maximum atomic E-state index is 5.52. The zero-order chi connectivity index (χ0) is 11.5. The van der Waals surface area contributed by atoms with Crippen molar-refractivity contribution in [3.8, 4) is 0 Å². The van der Waals surface area contributed by atoms with E-state index >= 15 is 0 Å². The molecule has 0 aliphatic heterocycles. The van der Waals surface area contributed by atoms with Crippen molar-refractivity contribution in [3.05, 3.63) is 42.1 Å². The molecule has 0 spiro atoms. The molecule has 16 heavy (non-hydrogen) atoms. The fourth-order valence-corrected chi connectivity index (χ4v) is 1.48. The summed E-state index contributed by atoms with van der Waals surface area (Å²) in [5.74, 6) is 0.811. The number of anilines is 2. The van der Waals surface area contributed by atoms with Crippen LogP contribution >= 0.6 is 12.2 Å². The molecule has 0 atom stereocenters. The van der Waals surface area contributed by atoms with E-state index < -0.39 is 0 Å². The van der Waals surface area contributed by atoms with Gasteiger partial charge in [0, 0.05) is 30.6 Å². The number of aromatic nitrogens is 2. The third-order valence-electron chi connectivity index (χ3n) is 2.16. The Kier molecular flexibility index (Phi) is 2.87. The Morgan fingerprint density at radius 3 is 2.50 bits per heavy atom. The second-order valence-corrected chi connectivity index (χ2v) is 3.88. The van der Waals surface area contributed by atoms with Gasteiger partial charge in [0.25, 0.3) is 0 Å². The zero-order valence-corrected chi connectivity index (χ0v) is 9.66. The van der Waals surface area contributed by atoms with E-state index in [1.54, 1.807) is 4.68 Å². The Bertz CT molecular complexity index is 501. The van der Waals surface area contributed by atoms with Crippen molar-refractivity contribution in [3.63, 3.8) is 0 Å². The number of nitrogens with two attached hydrogens (primary N) is 1. The molecular weight excluding hydrogens is 220 g/mol. The lowest BCUT2D eigenvalue weighted by Crippen LogP contribution is -2.08. The number of benzene rings is 1. The summed E-state index contributed by atoms with van der Waals surface area (Å²) in [6, 6.07) is 9.51. The molecule has 0 aliphatic rings. The molecule has 0 aliphatic carbocycles. The second-order valence-electron chi connectivity index (χ2n) is 3.44. The molecule has 0 fully saturated rings. The summed E-state index contributed by atoms with van der Waals surface area (Å²) < 4.78 is 1.74. The fourth-order valence-electron chi connectivity index (χ4n) is 1.35. The fraction of sp³-hybridized carbons (Fsp3) is 0.0909. The molecule has 5 heteroatoms. The Balaban J connectivity index is 2.14. The minimum Gasteiger partial charge on any atom is -0.389 e. The van der Waals surface area contributed by atoms with Crippen molar-refractivity contribution in [1.82, 2.24) is 9.78 Å². The number of nitrogens with zero attached hydrogens (tertiary/aromatic N) is 2. The van der Waals surface area contributed by atoms with Crippen LogP contribution in [0.5, 0.6) is 0 Å². The van der Waals surface area contributed by atoms with Gasteiger partial charge in [-0.2, -0.15) is 5.10 Å². The topological polar surface area (TPSA) is 55.9 Å². The first kappa shape index (κ1) is 10.6. The third-order valence-corrected chi connectivity index (χ3v) is 2.39. The van der Waals surface area contributed by atoms with Gasteiger partial charge in [0.2, 0.25) is 0 Å². The number of hydrogen-bond donors (Lipinski definition) is 2. The maximum absolute atomic E-state index is 5.52. The van der Waals surface area contributed by atoms with Crippen molar-refractivity contribution < 1.29 is 0 Å². The highest BCUT2D eigenvalue weighted by atomic mass is 32.1. The van der Waals surface area contributed by atoms with Gasteiger partial charge >= 0.3 is 0 Å². The van der Waals surface area contributed by atoms with Gasteiger partial charge in [0.05, 0.1) is 0 Å². The molecule has 4 nitrogen and oxygen atoms in total. The van der Waals surface area contributed by atoms with Crippen LogP contribution in [0.25, 0.3) is 0 Å². The van der Waals surface area contributed by atoms with Gasteiger partial charge in [0.1, 0.15) is 4.99 Å². The summed E-state index contributed by atoms with van der Waals surface area (Å²) in [6.45, 7) is 0. The molecule has 1 aromatic heterocycles. The summed E-state index contributed by atoms with van der Waals surface area (Å²) in [5.41, 5.74) is 7.33. The van der Waals surface area contributed by atoms with Crippen LogP contribution in [0.15, 0.2) is 36.5 Å². The zero-order valence-electron chi connectivity index (χ0n) is 8.84. The van der Waals surface area contributed by atoms with Crippen LogP contribution in [0.3, 0.4) is 0 Å². The van der Waals surface area contributed by atoms with E-state index in [4.69, 9.17) is 18.0 Å². The molecule has 1 heterocycles. The lowest BCUT2D eigenvalue weighted by atomic mass is 10.2. The second kappa shape index (κ2) is 4.32. The minimum atomic E-state index is 0.407. The molecule has 0 bridgehead atoms. The minimum absolute atomic E-state index is 0.407. The number of thiocarbonyl (C=S) groups is 1. The van der Waals surface area contributed by atoms with Gasteiger partial charge in [-0.1, -0.05) is 12.2 Å². The van der Waals surface area contributed by atoms with Crippen molar-refractivity contribution in [2.75, 3.05) is 5.32 Å². The Hall–Kier alpha value is -1.88. The molecule has 0 saturated carbocycles. The molecular formula is C11H12N4S. The average molecular weight is 232 g/mol. The Labute approximate surface area is 99.1 Å². The van der Waals surface area contributed by atoms with Crippen LogP contribution in [0.1, 0.15) is 5.56 Å². The molecule has 0 unspecified atom stereocenters. The predicted molar refractivity (Wildman–Crippen MR) is 68.8 cm³/mol. The van der Waals surface area contributed by atoms with E-state index in [9.17, 15) is 0 Å². The highest BCUT2D eigenvalue weighted by Gasteiger charge is 1.99. The SMILES string of the molecule is Cn1ccc(Nc2ccc(C(N)=S)cc2)n1. The van der Waals surface area contributed by atoms with E-state index in [1.165, 1.54) is 0 Å². The maximum Gasteiger partial charge on any atom is 0.152 e. The predicted octanol–water partition coefficient (Wildman–Crippen LogP) is 1.80. The molecule has 82 valence electrons. The number of aryl methyl sites for hydroxylation is 1. The molecule has 0 amide bonds. The van der Waals surface area contributed by atoms with Crippen molar-refractivity contribution in [1.29, 1.82) is 0 Å². The molecule has 0 saturated heterocycles. The summed E-state index contributed by atoms with van der Waals surface area (Å²) in [5, 5.41) is 7.39. The van der Waals surface area contributed by atoms with Crippen LogP contribution < -0.4 is 11.1 Å². The number of rotatable bonds is 3. The lowest BCUT2D eigenvalue weighted by Gasteiger charge is -2.03. The largest absolute Gasteiger partial charge is 0.389 e. The molecule has 2 rings (SSSR count). The molecule has 2 aromatic rings. The van der Waals surface area contributed by atoms with Crippen LogP contribution in [0.4, 0.5) is 11.5 Å². The van der Waals surface area contributed by atoms with E-state index in [0.29, 0.717) is 4.99 Å². The van der Waals surface area contributed by atoms with Crippen molar-refractivity contribution >= 4 is 28.7 Å². The molecule has 3 N–H and O–H groups in total. The van der Waals surface area contributed by atoms with Crippen LogP contribution in [0.2, 0.25) is 0 Å². The third kappa shape index (κ3) is 2.38. The summed E-state index contributed by atoms with van der Waals surface area (Å²) >= 11 is 4.88. The van der Waals surface area contributed by atoms with Gasteiger partial charge in [-0.3, -0.25) is 4.68 Å². The van der Waals surface area contributed by atoms with Gasteiger partial charge < -0.3 is 11.1 Å². The average Bonchev–Trinajstić information content (AvgIpc) is 2.65. The normalized spacial score (nSPS) is 10.1. The standard InChI is InChI=1S/C11H12N4S/c1-15-7-6-10(14-15)13-9-4-2-8(3-5-9)11(12)16/h2-7H,1H3,(H2,12,16)(H,13,14). The first-order valence-electron chi connectivity index (χ1n) is 4.82. The smallest absolute Gasteiger partial charge is 0.152 e. The Morgan fingerprint density at radius 1 is 1.31 bits per heavy atom. The first-order valence-corrected chi connectivity index (χ1v) is 5.22. The lowest BCUT2D eigenvalue weighted by molar-refractivity contribution is 0.771. The molecule has 0 radical (unpaired) electrons. The van der Waals surface area contributed by atoms with Gasteiger partial charge in [0.15, 0.2) is 5.82 Å². The number of hydrogen-bond acceptors (Lipinski definition) is 3. The monoisotopic (exact) mass is 232 g/mol. The summed E-state index contributed by atoms with van der Waals surface area (Å²) in [7, 11) is 1.88. The van der Waals surface area contributed by atoms with Gasteiger partial charge in [-0.15, -0.1) is 0 Å². The van der Waals surface area contributed by atoms with E-state index in [-0.39, 0.29) is 0 Å². The van der Waals surface area contributed by atoms with E-state index in [1.807, 2.05) is 43.6 Å². The highest BCUT2D eigenvalue weighted by Crippen LogP contribution is 2.14. The van der Waals surface area contributed by atoms with Crippen molar-refractivity contribution in [2.45, 2.75) is 0 Å². The van der Waals surface area contributed by atoms with Gasteiger partial charge in [-0.05, 0) is 24.3 Å². The molecule has 1 aromatic carbocycles. The summed E-state index contributed by atoms with van der Waals surface area (Å²) in [6.07, 6.45) is 1.88. The van der Waals surface area contributed by atoms with Crippen LogP contribution in [-0.4, -0.2) is 14.8 Å². The van der Waals surface area contributed by atoms with E-state index in [2.05, 4.69) is 10.4 Å². The van der Waals surface area contributed by atoms with Crippen molar-refractivity contribution in [2.24, 2.45) is 12.8 Å². The number of nitrogens with one attached hydrogen (secondary N) is 1. The quantitative estimate of drug-likeness (QED) is 0.792. The highest BCUT2D eigenvalue weighted by molar-refractivity contribution is 7.80. The Morgan fingerprint density at radius 2 is 2.00 bits per heavy atom. The summed E-state index contributed by atoms with van der Waals surface area (Å²) in [4.78, 5) is 0.407. The van der Waals surface area contributed by atoms with Crippen LogP contribution in [0, 0.1) is 0 Å². The first-order chi connectivity index (χ1) is 7.65. The van der Waals surface area contributed by atoms with Gasteiger partial charge in [-0.25, -0.2) is 0 Å². The van der Waals surface area contributed by atoms with E-state index in [0.717, 1.165) is 17.1 Å². The van der Waals surface area contributed by atoms with Crippen LogP contribution in [-0.2, 0) is 7.05 Å².